The molecule has 0 radical (unpaired) electrons. The molecule has 0 saturated carbocycles. The molecule has 3 aromatic rings. The first-order valence-electron chi connectivity index (χ1n) is 11.7. The van der Waals surface area contributed by atoms with E-state index in [1.165, 1.54) is 4.31 Å². The lowest BCUT2D eigenvalue weighted by Gasteiger charge is -2.37. The Morgan fingerprint density at radius 3 is 1.83 bits per heavy atom. The van der Waals surface area contributed by atoms with E-state index in [9.17, 15) is 13.2 Å². The highest BCUT2D eigenvalue weighted by Crippen LogP contribution is 2.24. The van der Waals surface area contributed by atoms with Gasteiger partial charge in [-0.05, 0) is 42.3 Å². The topological polar surface area (TPSA) is 79.0 Å². The molecule has 7 nitrogen and oxygen atoms in total. The first kappa shape index (κ1) is 24.9. The van der Waals surface area contributed by atoms with E-state index in [1.54, 1.807) is 31.4 Å². The predicted octanol–water partition coefficient (Wildman–Crippen LogP) is 3.30. The minimum Gasteiger partial charge on any atom is -0.497 e. The lowest BCUT2D eigenvalue weighted by atomic mass is 9.98. The second kappa shape index (κ2) is 11.0. The third kappa shape index (κ3) is 5.73. The van der Waals surface area contributed by atoms with Crippen molar-refractivity contribution in [2.45, 2.75) is 23.9 Å². The van der Waals surface area contributed by atoms with E-state index in [-0.39, 0.29) is 16.8 Å². The van der Waals surface area contributed by atoms with Crippen LogP contribution in [-0.4, -0.2) is 62.9 Å². The molecule has 184 valence electrons. The van der Waals surface area contributed by atoms with Crippen LogP contribution in [0.1, 0.15) is 24.1 Å². The first-order chi connectivity index (χ1) is 16.9. The van der Waals surface area contributed by atoms with Gasteiger partial charge in [-0.25, -0.2) is 8.42 Å². The number of nitrogens with zero attached hydrogens (tertiary/aromatic N) is 2. The van der Waals surface area contributed by atoms with Crippen LogP contribution in [0, 0.1) is 0 Å². The lowest BCUT2D eigenvalue weighted by molar-refractivity contribution is -0.126. The van der Waals surface area contributed by atoms with E-state index in [4.69, 9.17) is 4.74 Å². The van der Waals surface area contributed by atoms with Gasteiger partial charge in [-0.1, -0.05) is 60.7 Å². The van der Waals surface area contributed by atoms with Crippen LogP contribution in [0.15, 0.2) is 89.8 Å². The fourth-order valence-electron chi connectivity index (χ4n) is 4.31. The van der Waals surface area contributed by atoms with Crippen molar-refractivity contribution in [3.63, 3.8) is 0 Å². The fraction of sp³-hybridized carbons (Fsp3) is 0.296. The van der Waals surface area contributed by atoms with E-state index in [0.29, 0.717) is 31.9 Å². The number of carbonyl (C=O) groups excluding carboxylic acids is 1. The van der Waals surface area contributed by atoms with Crippen molar-refractivity contribution in [3.8, 4) is 5.75 Å². The van der Waals surface area contributed by atoms with Crippen molar-refractivity contribution in [1.29, 1.82) is 0 Å². The largest absolute Gasteiger partial charge is 0.497 e. The maximum absolute atomic E-state index is 13.3. The third-order valence-corrected chi connectivity index (χ3v) is 8.36. The number of benzene rings is 3. The van der Waals surface area contributed by atoms with Gasteiger partial charge in [0.05, 0.1) is 24.1 Å². The summed E-state index contributed by atoms with van der Waals surface area (Å²) in [5, 5.41) is 3.20. The summed E-state index contributed by atoms with van der Waals surface area (Å²) in [4.78, 5) is 15.5. The van der Waals surface area contributed by atoms with Crippen molar-refractivity contribution < 1.29 is 17.9 Å². The van der Waals surface area contributed by atoms with Crippen molar-refractivity contribution in [2.24, 2.45) is 0 Å². The normalized spacial score (nSPS) is 16.1. The van der Waals surface area contributed by atoms with Gasteiger partial charge in [0, 0.05) is 26.2 Å². The molecule has 1 amide bonds. The highest BCUT2D eigenvalue weighted by Gasteiger charge is 2.32. The molecular formula is C27H31N3O4S. The van der Waals surface area contributed by atoms with Crippen LogP contribution in [0.2, 0.25) is 0 Å². The van der Waals surface area contributed by atoms with Crippen LogP contribution in [-0.2, 0) is 14.8 Å². The molecule has 1 aliphatic rings. The fourth-order valence-corrected chi connectivity index (χ4v) is 5.73. The summed E-state index contributed by atoms with van der Waals surface area (Å²) < 4.78 is 32.7. The van der Waals surface area contributed by atoms with Crippen LogP contribution in [0.4, 0.5) is 0 Å². The number of nitrogens with one attached hydrogen (secondary N) is 1. The molecule has 1 aliphatic heterocycles. The number of piperazine rings is 1. The number of hydrogen-bond acceptors (Lipinski definition) is 5. The summed E-state index contributed by atoms with van der Waals surface area (Å²) in [6.45, 7) is 3.48. The molecule has 0 aliphatic carbocycles. The number of rotatable bonds is 8. The van der Waals surface area contributed by atoms with Gasteiger partial charge in [0.25, 0.3) is 0 Å². The average molecular weight is 494 g/mol. The monoisotopic (exact) mass is 493 g/mol. The molecule has 0 spiro atoms. The number of amides is 1. The predicted molar refractivity (Wildman–Crippen MR) is 136 cm³/mol. The Bertz CT molecular complexity index is 1170. The second-order valence-electron chi connectivity index (χ2n) is 8.55. The molecule has 1 atom stereocenters. The Hall–Kier alpha value is -3.20. The maximum Gasteiger partial charge on any atom is 0.243 e. The Labute approximate surface area is 207 Å². The van der Waals surface area contributed by atoms with Gasteiger partial charge in [0.1, 0.15) is 5.75 Å². The molecule has 35 heavy (non-hydrogen) atoms. The number of sulfonamides is 1. The van der Waals surface area contributed by atoms with Crippen molar-refractivity contribution in [3.05, 3.63) is 96.1 Å². The summed E-state index contributed by atoms with van der Waals surface area (Å²) in [5.74, 6) is 0.520. The SMILES string of the molecule is COc1ccc(S(=O)(=O)N2CCN([C@H](C)C(=O)NC(c3ccccc3)c3ccccc3)CC2)cc1. The second-order valence-corrected chi connectivity index (χ2v) is 10.5. The van der Waals surface area contributed by atoms with Gasteiger partial charge in [-0.3, -0.25) is 9.69 Å². The van der Waals surface area contributed by atoms with Crippen LogP contribution >= 0.6 is 0 Å². The Morgan fingerprint density at radius 2 is 1.34 bits per heavy atom. The van der Waals surface area contributed by atoms with Gasteiger partial charge < -0.3 is 10.1 Å². The Kier molecular flexibility index (Phi) is 7.85. The van der Waals surface area contributed by atoms with Crippen molar-refractivity contribution >= 4 is 15.9 Å². The zero-order chi connectivity index (χ0) is 24.8. The van der Waals surface area contributed by atoms with Crippen LogP contribution in [0.25, 0.3) is 0 Å². The molecule has 0 bridgehead atoms. The zero-order valence-electron chi connectivity index (χ0n) is 20.0. The molecule has 1 fully saturated rings. The molecule has 8 heteroatoms. The average Bonchev–Trinajstić information content (AvgIpc) is 2.92. The smallest absolute Gasteiger partial charge is 0.243 e. The van der Waals surface area contributed by atoms with Crippen LogP contribution < -0.4 is 10.1 Å². The van der Waals surface area contributed by atoms with Gasteiger partial charge in [0.2, 0.25) is 15.9 Å². The van der Waals surface area contributed by atoms with Gasteiger partial charge in [-0.2, -0.15) is 4.31 Å². The summed E-state index contributed by atoms with van der Waals surface area (Å²) in [5.41, 5.74) is 2.02. The van der Waals surface area contributed by atoms with Crippen molar-refractivity contribution in [1.82, 2.24) is 14.5 Å². The molecule has 4 rings (SSSR count). The standard InChI is InChI=1S/C27H31N3O4S/c1-21(27(31)28-26(22-9-5-3-6-10-22)23-11-7-4-8-12-23)29-17-19-30(20-18-29)35(32,33)25-15-13-24(34-2)14-16-25/h3-16,21,26H,17-20H2,1-2H3,(H,28,31)/t21-/m1/s1. The van der Waals surface area contributed by atoms with Crippen LogP contribution in [0.3, 0.4) is 0 Å². The number of methoxy groups -OCH3 is 1. The molecule has 1 heterocycles. The van der Waals surface area contributed by atoms with E-state index in [1.807, 2.05) is 72.5 Å². The molecule has 1 saturated heterocycles. The van der Waals surface area contributed by atoms with Gasteiger partial charge >= 0.3 is 0 Å². The summed E-state index contributed by atoms with van der Waals surface area (Å²) >= 11 is 0. The maximum atomic E-state index is 13.3. The van der Waals surface area contributed by atoms with Crippen molar-refractivity contribution in [2.75, 3.05) is 33.3 Å². The number of carbonyl (C=O) groups is 1. The summed E-state index contributed by atoms with van der Waals surface area (Å²) in [7, 11) is -2.05. The van der Waals surface area contributed by atoms with E-state index in [2.05, 4.69) is 5.32 Å². The molecular weight excluding hydrogens is 462 g/mol. The lowest BCUT2D eigenvalue weighted by Crippen LogP contribution is -2.55. The van der Waals surface area contributed by atoms with Gasteiger partial charge in [0.15, 0.2) is 0 Å². The summed E-state index contributed by atoms with van der Waals surface area (Å²) in [6, 6.07) is 25.5. The molecule has 1 N–H and O–H groups in total. The Morgan fingerprint density at radius 1 is 0.829 bits per heavy atom. The Balaban J connectivity index is 1.41. The number of ether oxygens (including phenoxy) is 1. The minimum absolute atomic E-state index is 0.0887. The third-order valence-electron chi connectivity index (χ3n) is 6.45. The van der Waals surface area contributed by atoms with E-state index < -0.39 is 16.1 Å². The van der Waals surface area contributed by atoms with E-state index >= 15 is 0 Å². The quantitative estimate of drug-likeness (QED) is 0.521. The van der Waals surface area contributed by atoms with Gasteiger partial charge in [-0.15, -0.1) is 0 Å². The zero-order valence-corrected chi connectivity index (χ0v) is 20.8. The highest BCUT2D eigenvalue weighted by molar-refractivity contribution is 7.89. The molecule has 0 aromatic heterocycles. The summed E-state index contributed by atoms with van der Waals surface area (Å²) in [6.07, 6.45) is 0. The van der Waals surface area contributed by atoms with Crippen LogP contribution in [0.5, 0.6) is 5.75 Å². The first-order valence-corrected chi connectivity index (χ1v) is 13.1. The minimum atomic E-state index is -3.60. The molecule has 0 unspecified atom stereocenters. The van der Waals surface area contributed by atoms with E-state index in [0.717, 1.165) is 11.1 Å². The molecule has 3 aromatic carbocycles. The highest BCUT2D eigenvalue weighted by atomic mass is 32.2. The number of hydrogen-bond donors (Lipinski definition) is 1.